The van der Waals surface area contributed by atoms with E-state index in [4.69, 9.17) is 5.14 Å². The van der Waals surface area contributed by atoms with E-state index >= 15 is 0 Å². The molecule has 6 nitrogen and oxygen atoms in total. The van der Waals surface area contributed by atoms with Crippen molar-refractivity contribution >= 4 is 10.0 Å². The summed E-state index contributed by atoms with van der Waals surface area (Å²) in [6, 6.07) is 0. The summed E-state index contributed by atoms with van der Waals surface area (Å²) in [7, 11) is -3.79. The molecule has 3 saturated carbocycles. The van der Waals surface area contributed by atoms with Gasteiger partial charge in [0.05, 0.1) is 0 Å². The van der Waals surface area contributed by atoms with E-state index < -0.39 is 10.0 Å². The molecular formula is C13H20N4O2S. The molecule has 0 radical (unpaired) electrons. The van der Waals surface area contributed by atoms with Crippen molar-refractivity contribution in [3.63, 3.8) is 0 Å². The predicted molar refractivity (Wildman–Crippen MR) is 72.2 cm³/mol. The lowest BCUT2D eigenvalue weighted by Crippen LogP contribution is -2.19. The number of nitrogens with zero attached hydrogens (tertiary/aromatic N) is 3. The van der Waals surface area contributed by atoms with Crippen LogP contribution in [0.1, 0.15) is 44.3 Å². The molecule has 0 spiro atoms. The van der Waals surface area contributed by atoms with Gasteiger partial charge in [-0.2, -0.15) is 0 Å². The minimum atomic E-state index is -3.79. The van der Waals surface area contributed by atoms with Gasteiger partial charge in [-0.3, -0.25) is 0 Å². The predicted octanol–water partition coefficient (Wildman–Crippen LogP) is 1.10. The fourth-order valence-corrected chi connectivity index (χ4v) is 5.51. The number of primary sulfonamides is 1. The zero-order valence-electron chi connectivity index (χ0n) is 11.6. The standard InChI is InChI=1S/C13H20N4O2S/c1-2-5-17-12(15-16-13(17)20(14,18)19)11-9-7-3-4-8(6-7)10(9)11/h7-11H,2-6H2,1H3,(H2,14,18,19). The van der Waals surface area contributed by atoms with E-state index in [1.54, 1.807) is 4.57 Å². The second-order valence-electron chi connectivity index (χ2n) is 6.55. The Morgan fingerprint density at radius 2 is 1.90 bits per heavy atom. The van der Waals surface area contributed by atoms with Crippen molar-refractivity contribution in [3.8, 4) is 0 Å². The van der Waals surface area contributed by atoms with Crippen LogP contribution in [-0.4, -0.2) is 23.2 Å². The molecule has 1 heterocycles. The molecule has 0 aromatic carbocycles. The van der Waals surface area contributed by atoms with Crippen molar-refractivity contribution < 1.29 is 8.42 Å². The Morgan fingerprint density at radius 1 is 1.25 bits per heavy atom. The number of fused-ring (bicyclic) bond motifs is 5. The van der Waals surface area contributed by atoms with Crippen molar-refractivity contribution in [3.05, 3.63) is 5.82 Å². The molecule has 20 heavy (non-hydrogen) atoms. The second kappa shape index (κ2) is 4.04. The molecule has 1 aromatic rings. The summed E-state index contributed by atoms with van der Waals surface area (Å²) in [5.74, 6) is 4.40. The Balaban J connectivity index is 1.71. The van der Waals surface area contributed by atoms with Crippen LogP contribution in [0, 0.1) is 23.7 Å². The molecule has 2 bridgehead atoms. The molecule has 0 amide bonds. The van der Waals surface area contributed by atoms with Crippen LogP contribution in [0.25, 0.3) is 0 Å². The van der Waals surface area contributed by atoms with Gasteiger partial charge < -0.3 is 4.57 Å². The maximum absolute atomic E-state index is 11.6. The van der Waals surface area contributed by atoms with Crippen LogP contribution < -0.4 is 5.14 Å². The fourth-order valence-electron chi connectivity index (χ4n) is 4.86. The molecule has 1 aromatic heterocycles. The first-order valence-electron chi connectivity index (χ1n) is 7.48. The van der Waals surface area contributed by atoms with Crippen LogP contribution in [-0.2, 0) is 16.6 Å². The van der Waals surface area contributed by atoms with Crippen molar-refractivity contribution in [2.24, 2.45) is 28.8 Å². The molecule has 7 heteroatoms. The van der Waals surface area contributed by atoms with Crippen LogP contribution in [0.5, 0.6) is 0 Å². The number of hydrogen-bond acceptors (Lipinski definition) is 4. The van der Waals surface area contributed by atoms with E-state index in [2.05, 4.69) is 10.2 Å². The van der Waals surface area contributed by atoms with Gasteiger partial charge in [-0.05, 0) is 49.4 Å². The zero-order chi connectivity index (χ0) is 14.1. The van der Waals surface area contributed by atoms with Gasteiger partial charge in [-0.1, -0.05) is 6.92 Å². The van der Waals surface area contributed by atoms with Gasteiger partial charge in [0, 0.05) is 12.5 Å². The van der Waals surface area contributed by atoms with Gasteiger partial charge in [0.25, 0.3) is 15.2 Å². The molecule has 110 valence electrons. The summed E-state index contributed by atoms with van der Waals surface area (Å²) in [5.41, 5.74) is 0. The summed E-state index contributed by atoms with van der Waals surface area (Å²) < 4.78 is 25.0. The van der Waals surface area contributed by atoms with Crippen molar-refractivity contribution in [2.75, 3.05) is 0 Å². The van der Waals surface area contributed by atoms with Crippen molar-refractivity contribution in [1.29, 1.82) is 0 Å². The zero-order valence-corrected chi connectivity index (χ0v) is 12.4. The topological polar surface area (TPSA) is 90.9 Å². The SMILES string of the molecule is CCCn1c(C2C3C4CCC(C4)C23)nnc1S(N)(=O)=O. The van der Waals surface area contributed by atoms with E-state index in [0.29, 0.717) is 12.5 Å². The van der Waals surface area contributed by atoms with Crippen LogP contribution in [0.3, 0.4) is 0 Å². The molecule has 4 rings (SSSR count). The smallest absolute Gasteiger partial charge is 0.273 e. The van der Waals surface area contributed by atoms with Gasteiger partial charge in [0.15, 0.2) is 0 Å². The van der Waals surface area contributed by atoms with Crippen LogP contribution in [0.15, 0.2) is 5.16 Å². The molecule has 4 atom stereocenters. The van der Waals surface area contributed by atoms with Gasteiger partial charge in [-0.25, -0.2) is 13.6 Å². The summed E-state index contributed by atoms with van der Waals surface area (Å²) in [6.07, 6.45) is 4.90. The summed E-state index contributed by atoms with van der Waals surface area (Å²) >= 11 is 0. The summed E-state index contributed by atoms with van der Waals surface area (Å²) in [4.78, 5) is 0. The lowest BCUT2D eigenvalue weighted by atomic mass is 10.0. The third kappa shape index (κ3) is 1.62. The second-order valence-corrected chi connectivity index (χ2v) is 8.01. The first kappa shape index (κ1) is 12.8. The summed E-state index contributed by atoms with van der Waals surface area (Å²) in [5, 5.41) is 13.3. The van der Waals surface area contributed by atoms with Gasteiger partial charge in [-0.15, -0.1) is 10.2 Å². The van der Waals surface area contributed by atoms with E-state index in [1.807, 2.05) is 6.92 Å². The Bertz CT molecular complexity index is 637. The number of hydrogen-bond donors (Lipinski definition) is 1. The highest BCUT2D eigenvalue weighted by molar-refractivity contribution is 7.89. The molecule has 3 fully saturated rings. The van der Waals surface area contributed by atoms with Crippen LogP contribution >= 0.6 is 0 Å². The molecule has 4 unspecified atom stereocenters. The van der Waals surface area contributed by atoms with E-state index in [9.17, 15) is 8.42 Å². The Hall–Kier alpha value is -0.950. The Morgan fingerprint density at radius 3 is 2.45 bits per heavy atom. The van der Waals surface area contributed by atoms with Gasteiger partial charge in [0.2, 0.25) is 0 Å². The average Bonchev–Trinajstić information content (AvgIpc) is 2.78. The largest absolute Gasteiger partial charge is 0.301 e. The molecular weight excluding hydrogens is 276 g/mol. The average molecular weight is 296 g/mol. The third-order valence-corrected chi connectivity index (χ3v) is 6.29. The molecule has 3 aliphatic carbocycles. The maximum Gasteiger partial charge on any atom is 0.273 e. The van der Waals surface area contributed by atoms with Gasteiger partial charge >= 0.3 is 0 Å². The number of sulfonamides is 1. The normalized spacial score (nSPS) is 38.2. The quantitative estimate of drug-likeness (QED) is 0.900. The van der Waals surface area contributed by atoms with Crippen LogP contribution in [0.2, 0.25) is 0 Å². The van der Waals surface area contributed by atoms with Crippen LogP contribution in [0.4, 0.5) is 0 Å². The number of rotatable bonds is 4. The van der Waals surface area contributed by atoms with Crippen molar-refractivity contribution in [1.82, 2.24) is 14.8 Å². The minimum Gasteiger partial charge on any atom is -0.301 e. The Labute approximate surface area is 118 Å². The molecule has 3 aliphatic rings. The number of aromatic nitrogens is 3. The van der Waals surface area contributed by atoms with E-state index in [-0.39, 0.29) is 5.16 Å². The first-order chi connectivity index (χ1) is 9.52. The van der Waals surface area contributed by atoms with Crippen molar-refractivity contribution in [2.45, 2.75) is 50.2 Å². The van der Waals surface area contributed by atoms with E-state index in [1.165, 1.54) is 19.3 Å². The third-order valence-electron chi connectivity index (χ3n) is 5.48. The molecule has 0 aliphatic heterocycles. The lowest BCUT2D eigenvalue weighted by Gasteiger charge is -2.11. The lowest BCUT2D eigenvalue weighted by molar-refractivity contribution is 0.456. The monoisotopic (exact) mass is 296 g/mol. The molecule has 2 N–H and O–H groups in total. The molecule has 0 saturated heterocycles. The first-order valence-corrected chi connectivity index (χ1v) is 9.03. The van der Waals surface area contributed by atoms with E-state index in [0.717, 1.165) is 35.9 Å². The minimum absolute atomic E-state index is 0.0633. The summed E-state index contributed by atoms with van der Waals surface area (Å²) in [6.45, 7) is 2.65. The highest BCUT2D eigenvalue weighted by Gasteiger charge is 2.66. The fraction of sp³-hybridized carbons (Fsp3) is 0.846. The number of nitrogens with two attached hydrogens (primary N) is 1. The van der Waals surface area contributed by atoms with Gasteiger partial charge in [0.1, 0.15) is 5.82 Å². The Kier molecular flexibility index (Phi) is 2.58. The highest BCUT2D eigenvalue weighted by atomic mass is 32.2. The maximum atomic E-state index is 11.6. The highest BCUT2D eigenvalue weighted by Crippen LogP contribution is 2.72.